The Balaban J connectivity index is 1.73. The highest BCUT2D eigenvalue weighted by atomic mass is 35.5. The van der Waals surface area contributed by atoms with E-state index < -0.39 is 0 Å². The predicted octanol–water partition coefficient (Wildman–Crippen LogP) is 5.65. The highest BCUT2D eigenvalue weighted by Gasteiger charge is 2.05. The molecule has 2 rings (SSSR count). The molecule has 0 saturated heterocycles. The fraction of sp³-hybridized carbons (Fsp3) is 0.333. The molecule has 0 unspecified atom stereocenters. The van der Waals surface area contributed by atoms with E-state index in [9.17, 15) is 4.79 Å². The van der Waals surface area contributed by atoms with Crippen molar-refractivity contribution in [3.05, 3.63) is 63.6 Å². The van der Waals surface area contributed by atoms with Crippen LogP contribution in [0.4, 0.5) is 0 Å². The quantitative estimate of drug-likeness (QED) is 0.332. The summed E-state index contributed by atoms with van der Waals surface area (Å²) in [5, 5.41) is 5.18. The molecule has 27 heavy (non-hydrogen) atoms. The van der Waals surface area contributed by atoms with E-state index in [1.807, 2.05) is 19.1 Å². The number of hydrogen-bond donors (Lipinski definition) is 1. The van der Waals surface area contributed by atoms with Crippen molar-refractivity contribution in [1.29, 1.82) is 0 Å². The van der Waals surface area contributed by atoms with E-state index in [0.29, 0.717) is 35.2 Å². The molecule has 0 bridgehead atoms. The number of carbonyl (C=O) groups excluding carboxylic acids is 1. The molecule has 0 aliphatic heterocycles. The zero-order chi connectivity index (χ0) is 19.6. The van der Waals surface area contributed by atoms with E-state index in [1.54, 1.807) is 18.2 Å². The van der Waals surface area contributed by atoms with Gasteiger partial charge in [0.05, 0.1) is 17.3 Å². The van der Waals surface area contributed by atoms with E-state index >= 15 is 0 Å². The number of amides is 1. The zero-order valence-corrected chi connectivity index (χ0v) is 17.1. The molecular formula is C21H24Cl2N2O2. The number of halogens is 2. The van der Waals surface area contributed by atoms with Gasteiger partial charge in [-0.15, -0.1) is 0 Å². The van der Waals surface area contributed by atoms with Gasteiger partial charge in [-0.2, -0.15) is 5.10 Å². The fourth-order valence-corrected chi connectivity index (χ4v) is 2.94. The molecule has 0 aromatic heterocycles. The van der Waals surface area contributed by atoms with Crippen molar-refractivity contribution in [2.75, 3.05) is 6.61 Å². The van der Waals surface area contributed by atoms with Crippen LogP contribution in [0, 0.1) is 0 Å². The first-order valence-electron chi connectivity index (χ1n) is 9.00. The summed E-state index contributed by atoms with van der Waals surface area (Å²) < 4.78 is 5.56. The molecule has 6 heteroatoms. The van der Waals surface area contributed by atoms with E-state index in [-0.39, 0.29) is 5.91 Å². The lowest BCUT2D eigenvalue weighted by Crippen LogP contribution is -2.19. The minimum Gasteiger partial charge on any atom is -0.492 e. The minimum absolute atomic E-state index is 0.150. The van der Waals surface area contributed by atoms with Crippen LogP contribution in [0.2, 0.25) is 10.0 Å². The number of ether oxygens (including phenoxy) is 1. The monoisotopic (exact) mass is 406 g/mol. The van der Waals surface area contributed by atoms with Crippen molar-refractivity contribution in [3.8, 4) is 5.75 Å². The van der Waals surface area contributed by atoms with Crippen molar-refractivity contribution in [2.24, 2.45) is 5.10 Å². The standard InChI is InChI=1S/C21H24Cl2N2O2/c1-3-5-16-7-9-17(10-8-16)15(2)24-25-21(26)6-4-13-27-20-12-11-18(22)14-19(20)23/h7-12,14H,3-6,13H2,1-2H3,(H,25,26). The van der Waals surface area contributed by atoms with Crippen LogP contribution in [-0.2, 0) is 11.2 Å². The summed E-state index contributed by atoms with van der Waals surface area (Å²) in [7, 11) is 0. The zero-order valence-electron chi connectivity index (χ0n) is 15.6. The molecule has 0 aliphatic rings. The number of hydrazone groups is 1. The molecule has 0 saturated carbocycles. The van der Waals surface area contributed by atoms with Crippen molar-refractivity contribution < 1.29 is 9.53 Å². The van der Waals surface area contributed by atoms with Gasteiger partial charge in [0.15, 0.2) is 0 Å². The van der Waals surface area contributed by atoms with E-state index in [2.05, 4.69) is 29.6 Å². The maximum Gasteiger partial charge on any atom is 0.240 e. The van der Waals surface area contributed by atoms with E-state index in [4.69, 9.17) is 27.9 Å². The number of rotatable bonds is 9. The van der Waals surface area contributed by atoms with Crippen LogP contribution in [0.15, 0.2) is 47.6 Å². The van der Waals surface area contributed by atoms with Crippen molar-refractivity contribution in [3.63, 3.8) is 0 Å². The first-order valence-corrected chi connectivity index (χ1v) is 9.75. The molecule has 0 aliphatic carbocycles. The molecule has 0 atom stereocenters. The van der Waals surface area contributed by atoms with Gasteiger partial charge in [0.2, 0.25) is 5.91 Å². The predicted molar refractivity (Wildman–Crippen MR) is 112 cm³/mol. The molecule has 0 spiro atoms. The summed E-state index contributed by atoms with van der Waals surface area (Å²) in [6.07, 6.45) is 3.06. The summed E-state index contributed by atoms with van der Waals surface area (Å²) in [4.78, 5) is 11.9. The van der Waals surface area contributed by atoms with Gasteiger partial charge in [-0.3, -0.25) is 4.79 Å². The highest BCUT2D eigenvalue weighted by Crippen LogP contribution is 2.27. The van der Waals surface area contributed by atoms with Gasteiger partial charge in [-0.1, -0.05) is 60.8 Å². The maximum absolute atomic E-state index is 11.9. The summed E-state index contributed by atoms with van der Waals surface area (Å²) >= 11 is 11.9. The first kappa shape index (κ1) is 21.3. The molecular weight excluding hydrogens is 383 g/mol. The SMILES string of the molecule is CCCc1ccc(C(C)=NNC(=O)CCCOc2ccc(Cl)cc2Cl)cc1. The molecule has 0 heterocycles. The maximum atomic E-state index is 11.9. The van der Waals surface area contributed by atoms with Crippen LogP contribution >= 0.6 is 23.2 Å². The third-order valence-electron chi connectivity index (χ3n) is 3.96. The summed E-state index contributed by atoms with van der Waals surface area (Å²) in [6, 6.07) is 13.3. The van der Waals surface area contributed by atoms with Crippen LogP contribution in [0.1, 0.15) is 44.2 Å². The molecule has 2 aromatic rings. The number of hydrogen-bond acceptors (Lipinski definition) is 3. The van der Waals surface area contributed by atoms with E-state index in [0.717, 1.165) is 24.1 Å². The number of benzene rings is 2. The normalized spacial score (nSPS) is 11.3. The lowest BCUT2D eigenvalue weighted by atomic mass is 10.1. The summed E-state index contributed by atoms with van der Waals surface area (Å²) in [5.41, 5.74) is 5.66. The van der Waals surface area contributed by atoms with Gasteiger partial charge < -0.3 is 4.74 Å². The molecule has 0 radical (unpaired) electrons. The second-order valence-corrected chi connectivity index (χ2v) is 7.05. The Bertz CT molecular complexity index is 789. The Kier molecular flexibility index (Phi) is 8.62. The first-order chi connectivity index (χ1) is 13.0. The smallest absolute Gasteiger partial charge is 0.240 e. The Morgan fingerprint density at radius 1 is 1.15 bits per heavy atom. The van der Waals surface area contributed by atoms with Gasteiger partial charge in [-0.25, -0.2) is 5.43 Å². The van der Waals surface area contributed by atoms with E-state index in [1.165, 1.54) is 5.56 Å². The second-order valence-electron chi connectivity index (χ2n) is 6.21. The van der Waals surface area contributed by atoms with Crippen LogP contribution in [0.25, 0.3) is 0 Å². The Labute approximate surface area is 170 Å². The topological polar surface area (TPSA) is 50.7 Å². The van der Waals surface area contributed by atoms with Gasteiger partial charge in [0, 0.05) is 11.4 Å². The number of carbonyl (C=O) groups is 1. The van der Waals surface area contributed by atoms with Gasteiger partial charge in [0.1, 0.15) is 5.75 Å². The van der Waals surface area contributed by atoms with Crippen LogP contribution in [-0.4, -0.2) is 18.2 Å². The van der Waals surface area contributed by atoms with Gasteiger partial charge >= 0.3 is 0 Å². The number of nitrogens with zero attached hydrogens (tertiary/aromatic N) is 1. The van der Waals surface area contributed by atoms with Crippen molar-refractivity contribution in [1.82, 2.24) is 5.43 Å². The highest BCUT2D eigenvalue weighted by molar-refractivity contribution is 6.35. The van der Waals surface area contributed by atoms with Gasteiger partial charge in [0.25, 0.3) is 0 Å². The van der Waals surface area contributed by atoms with Crippen LogP contribution in [0.5, 0.6) is 5.75 Å². The minimum atomic E-state index is -0.150. The third-order valence-corrected chi connectivity index (χ3v) is 4.49. The van der Waals surface area contributed by atoms with Crippen molar-refractivity contribution >= 4 is 34.8 Å². The Hall–Kier alpha value is -2.04. The van der Waals surface area contributed by atoms with Gasteiger partial charge in [-0.05, 0) is 49.1 Å². The molecule has 1 N–H and O–H groups in total. The number of nitrogens with one attached hydrogen (secondary N) is 1. The Morgan fingerprint density at radius 3 is 2.56 bits per heavy atom. The number of aryl methyl sites for hydroxylation is 1. The largest absolute Gasteiger partial charge is 0.492 e. The fourth-order valence-electron chi connectivity index (χ4n) is 2.48. The summed E-state index contributed by atoms with van der Waals surface area (Å²) in [6.45, 7) is 4.42. The molecule has 144 valence electrons. The van der Waals surface area contributed by atoms with Crippen LogP contribution < -0.4 is 10.2 Å². The average Bonchev–Trinajstić information content (AvgIpc) is 2.65. The summed E-state index contributed by atoms with van der Waals surface area (Å²) in [5.74, 6) is 0.407. The molecule has 1 amide bonds. The van der Waals surface area contributed by atoms with Crippen LogP contribution in [0.3, 0.4) is 0 Å². The molecule has 0 fully saturated rings. The lowest BCUT2D eigenvalue weighted by molar-refractivity contribution is -0.121. The Morgan fingerprint density at radius 2 is 1.89 bits per heavy atom. The average molecular weight is 407 g/mol. The third kappa shape index (κ3) is 7.24. The second kappa shape index (κ2) is 11.0. The lowest BCUT2D eigenvalue weighted by Gasteiger charge is -2.08. The molecule has 2 aromatic carbocycles. The molecule has 4 nitrogen and oxygen atoms in total. The van der Waals surface area contributed by atoms with Crippen molar-refractivity contribution in [2.45, 2.75) is 39.5 Å².